The average Bonchev–Trinajstić information content (AvgIpc) is 2.63. The zero-order valence-corrected chi connectivity index (χ0v) is 12.2. The van der Waals surface area contributed by atoms with Gasteiger partial charge in [-0.25, -0.2) is 0 Å². The third-order valence-corrected chi connectivity index (χ3v) is 4.26. The molecule has 1 rings (SSSR count). The van der Waals surface area contributed by atoms with Crippen LogP contribution in [0.2, 0.25) is 0 Å². The van der Waals surface area contributed by atoms with Gasteiger partial charge in [0.25, 0.3) is 0 Å². The van der Waals surface area contributed by atoms with Crippen molar-refractivity contribution in [2.24, 2.45) is 5.92 Å². The van der Waals surface area contributed by atoms with Gasteiger partial charge >= 0.3 is 0 Å². The fourth-order valence-corrected chi connectivity index (χ4v) is 2.92. The van der Waals surface area contributed by atoms with Gasteiger partial charge < -0.3 is 10.2 Å². The average molecular weight is 240 g/mol. The van der Waals surface area contributed by atoms with Crippen LogP contribution in [0.25, 0.3) is 0 Å². The van der Waals surface area contributed by atoms with Gasteiger partial charge in [-0.3, -0.25) is 0 Å². The number of unbranched alkanes of at least 4 members (excludes halogenated alkanes) is 1. The largest absolute Gasteiger partial charge is 0.317 e. The molecule has 2 heteroatoms. The van der Waals surface area contributed by atoms with Crippen LogP contribution in [0.3, 0.4) is 0 Å². The number of hydrogen-bond donors (Lipinski definition) is 1. The number of nitrogens with zero attached hydrogens (tertiary/aromatic N) is 1. The molecule has 0 aromatic carbocycles. The Morgan fingerprint density at radius 2 is 2.06 bits per heavy atom. The van der Waals surface area contributed by atoms with E-state index in [1.807, 2.05) is 0 Å². The van der Waals surface area contributed by atoms with E-state index in [4.69, 9.17) is 0 Å². The molecular formula is C15H32N2. The minimum atomic E-state index is 0.820. The highest BCUT2D eigenvalue weighted by Crippen LogP contribution is 2.18. The maximum absolute atomic E-state index is 3.51. The third kappa shape index (κ3) is 5.87. The summed E-state index contributed by atoms with van der Waals surface area (Å²) in [5, 5.41) is 3.51. The predicted molar refractivity (Wildman–Crippen MR) is 76.4 cm³/mol. The van der Waals surface area contributed by atoms with E-state index >= 15 is 0 Å². The topological polar surface area (TPSA) is 15.3 Å². The minimum absolute atomic E-state index is 0.820. The van der Waals surface area contributed by atoms with Crippen LogP contribution in [0, 0.1) is 5.92 Å². The molecule has 1 aliphatic heterocycles. The molecule has 1 N–H and O–H groups in total. The highest BCUT2D eigenvalue weighted by atomic mass is 15.1. The SMILES string of the molecule is CCCCC(CC)CN(C)C1CCCNCC1. The van der Waals surface area contributed by atoms with Crippen LogP contribution in [0.1, 0.15) is 58.8 Å². The van der Waals surface area contributed by atoms with E-state index in [0.717, 1.165) is 12.0 Å². The second-order valence-corrected chi connectivity index (χ2v) is 5.69. The normalized spacial score (nSPS) is 23.6. The molecule has 17 heavy (non-hydrogen) atoms. The van der Waals surface area contributed by atoms with Crippen LogP contribution in [-0.2, 0) is 0 Å². The molecule has 102 valence electrons. The molecule has 2 atom stereocenters. The van der Waals surface area contributed by atoms with Gasteiger partial charge in [-0.15, -0.1) is 0 Å². The first-order chi connectivity index (χ1) is 8.27. The van der Waals surface area contributed by atoms with Crippen LogP contribution in [-0.4, -0.2) is 37.6 Å². The summed E-state index contributed by atoms with van der Waals surface area (Å²) in [6.45, 7) is 8.38. The summed E-state index contributed by atoms with van der Waals surface area (Å²) in [5.41, 5.74) is 0. The van der Waals surface area contributed by atoms with E-state index in [9.17, 15) is 0 Å². The maximum atomic E-state index is 3.51. The molecule has 0 amide bonds. The Morgan fingerprint density at radius 1 is 1.24 bits per heavy atom. The first-order valence-electron chi connectivity index (χ1n) is 7.68. The second kappa shape index (κ2) is 8.93. The van der Waals surface area contributed by atoms with E-state index in [0.29, 0.717) is 0 Å². The Labute approximate surface area is 108 Å². The number of rotatable bonds is 7. The first kappa shape index (κ1) is 15.0. The van der Waals surface area contributed by atoms with Crippen LogP contribution >= 0.6 is 0 Å². The summed E-state index contributed by atoms with van der Waals surface area (Å²) in [5.74, 6) is 0.913. The van der Waals surface area contributed by atoms with Gasteiger partial charge in [-0.05, 0) is 51.7 Å². The van der Waals surface area contributed by atoms with Crippen molar-refractivity contribution in [1.29, 1.82) is 0 Å². The molecule has 0 aromatic rings. The Kier molecular flexibility index (Phi) is 7.87. The molecule has 1 saturated heterocycles. The van der Waals surface area contributed by atoms with Crippen molar-refractivity contribution in [3.05, 3.63) is 0 Å². The van der Waals surface area contributed by atoms with Gasteiger partial charge in [0.1, 0.15) is 0 Å². The molecule has 0 aliphatic carbocycles. The summed E-state index contributed by atoms with van der Waals surface area (Å²) in [6.07, 6.45) is 9.57. The van der Waals surface area contributed by atoms with Crippen LogP contribution in [0.5, 0.6) is 0 Å². The molecule has 2 unspecified atom stereocenters. The van der Waals surface area contributed by atoms with Crippen LogP contribution in [0.15, 0.2) is 0 Å². The molecule has 0 bridgehead atoms. The van der Waals surface area contributed by atoms with Gasteiger partial charge in [0.15, 0.2) is 0 Å². The maximum Gasteiger partial charge on any atom is 0.0105 e. The Hall–Kier alpha value is -0.0800. The van der Waals surface area contributed by atoms with E-state index in [1.54, 1.807) is 0 Å². The quantitative estimate of drug-likeness (QED) is 0.735. The summed E-state index contributed by atoms with van der Waals surface area (Å²) < 4.78 is 0. The highest BCUT2D eigenvalue weighted by Gasteiger charge is 2.18. The lowest BCUT2D eigenvalue weighted by molar-refractivity contribution is 0.183. The molecular weight excluding hydrogens is 208 g/mol. The zero-order chi connectivity index (χ0) is 12.5. The standard InChI is InChI=1S/C15H32N2/c1-4-6-8-14(5-2)13-17(3)15-9-7-11-16-12-10-15/h14-16H,4-13H2,1-3H3. The third-order valence-electron chi connectivity index (χ3n) is 4.26. The van der Waals surface area contributed by atoms with Crippen molar-refractivity contribution < 1.29 is 0 Å². The van der Waals surface area contributed by atoms with Crippen LogP contribution in [0.4, 0.5) is 0 Å². The molecule has 1 fully saturated rings. The lowest BCUT2D eigenvalue weighted by Crippen LogP contribution is -2.36. The fourth-order valence-electron chi connectivity index (χ4n) is 2.92. The van der Waals surface area contributed by atoms with Crippen molar-refractivity contribution in [3.63, 3.8) is 0 Å². The molecule has 1 heterocycles. The Bertz CT molecular complexity index is 174. The molecule has 1 aliphatic rings. The zero-order valence-electron chi connectivity index (χ0n) is 12.2. The fraction of sp³-hybridized carbons (Fsp3) is 1.00. The van der Waals surface area contributed by atoms with Crippen molar-refractivity contribution in [2.75, 3.05) is 26.7 Å². The highest BCUT2D eigenvalue weighted by molar-refractivity contribution is 4.75. The molecule has 0 radical (unpaired) electrons. The van der Waals surface area contributed by atoms with E-state index in [1.165, 1.54) is 64.6 Å². The van der Waals surface area contributed by atoms with E-state index in [-0.39, 0.29) is 0 Å². The van der Waals surface area contributed by atoms with Gasteiger partial charge in [-0.1, -0.05) is 33.1 Å². The monoisotopic (exact) mass is 240 g/mol. The molecule has 2 nitrogen and oxygen atoms in total. The lowest BCUT2D eigenvalue weighted by Gasteiger charge is -2.30. The van der Waals surface area contributed by atoms with Crippen molar-refractivity contribution in [3.8, 4) is 0 Å². The first-order valence-corrected chi connectivity index (χ1v) is 7.68. The van der Waals surface area contributed by atoms with Crippen molar-refractivity contribution >= 4 is 0 Å². The summed E-state index contributed by atoms with van der Waals surface area (Å²) in [6, 6.07) is 0.820. The van der Waals surface area contributed by atoms with E-state index in [2.05, 4.69) is 31.1 Å². The number of nitrogens with one attached hydrogen (secondary N) is 1. The lowest BCUT2D eigenvalue weighted by atomic mass is 9.97. The molecule has 0 aromatic heterocycles. The molecule has 0 saturated carbocycles. The summed E-state index contributed by atoms with van der Waals surface area (Å²) in [7, 11) is 2.34. The minimum Gasteiger partial charge on any atom is -0.317 e. The second-order valence-electron chi connectivity index (χ2n) is 5.69. The van der Waals surface area contributed by atoms with E-state index < -0.39 is 0 Å². The molecule has 0 spiro atoms. The predicted octanol–water partition coefficient (Wildman–Crippen LogP) is 3.28. The Balaban J connectivity index is 2.31. The van der Waals surface area contributed by atoms with Gasteiger partial charge in [0, 0.05) is 12.6 Å². The summed E-state index contributed by atoms with van der Waals surface area (Å²) in [4.78, 5) is 2.64. The van der Waals surface area contributed by atoms with Crippen LogP contribution < -0.4 is 5.32 Å². The Morgan fingerprint density at radius 3 is 2.76 bits per heavy atom. The van der Waals surface area contributed by atoms with Gasteiger partial charge in [0.2, 0.25) is 0 Å². The smallest absolute Gasteiger partial charge is 0.0105 e. The van der Waals surface area contributed by atoms with Gasteiger partial charge in [0.05, 0.1) is 0 Å². The van der Waals surface area contributed by atoms with Gasteiger partial charge in [-0.2, -0.15) is 0 Å². The van der Waals surface area contributed by atoms with Crippen molar-refractivity contribution in [1.82, 2.24) is 10.2 Å². The summed E-state index contributed by atoms with van der Waals surface area (Å²) >= 11 is 0. The van der Waals surface area contributed by atoms with Crippen molar-refractivity contribution in [2.45, 2.75) is 64.8 Å². The number of hydrogen-bond acceptors (Lipinski definition) is 2.